The van der Waals surface area contributed by atoms with Gasteiger partial charge in [-0.1, -0.05) is 0 Å². The minimum absolute atomic E-state index is 0.0437. The van der Waals surface area contributed by atoms with Crippen molar-refractivity contribution < 1.29 is 27.2 Å². The third-order valence-corrected chi connectivity index (χ3v) is 4.26. The van der Waals surface area contributed by atoms with Crippen molar-refractivity contribution in [3.05, 3.63) is 53.5 Å². The van der Waals surface area contributed by atoms with Crippen molar-refractivity contribution in [3.8, 4) is 0 Å². The predicted molar refractivity (Wildman–Crippen MR) is 98.4 cm³/mol. The van der Waals surface area contributed by atoms with Crippen molar-refractivity contribution in [2.75, 3.05) is 5.32 Å². The van der Waals surface area contributed by atoms with Crippen molar-refractivity contribution in [2.45, 2.75) is 32.6 Å². The van der Waals surface area contributed by atoms with Gasteiger partial charge in [-0.25, -0.2) is 0 Å². The van der Waals surface area contributed by atoms with E-state index in [1.807, 2.05) is 0 Å². The molecule has 1 atom stereocenters. The third kappa shape index (κ3) is 4.53. The lowest BCUT2D eigenvalue weighted by atomic mass is 10.2. The van der Waals surface area contributed by atoms with E-state index in [-0.39, 0.29) is 23.6 Å². The molecule has 1 unspecified atom stereocenters. The number of nitrogens with one attached hydrogen (secondary N) is 2. The molecule has 30 heavy (non-hydrogen) atoms. The Morgan fingerprint density at radius 2 is 2.03 bits per heavy atom. The molecule has 3 rings (SSSR count). The van der Waals surface area contributed by atoms with Crippen molar-refractivity contribution in [1.29, 1.82) is 0 Å². The summed E-state index contributed by atoms with van der Waals surface area (Å²) < 4.78 is 46.1. The van der Waals surface area contributed by atoms with Gasteiger partial charge in [-0.15, -0.1) is 0 Å². The van der Waals surface area contributed by atoms with Gasteiger partial charge in [0.15, 0.2) is 11.4 Å². The number of hydrogen-bond acceptors (Lipinski definition) is 5. The molecule has 0 aromatic carbocycles. The second kappa shape index (κ2) is 8.05. The molecule has 0 aliphatic rings. The Balaban J connectivity index is 1.74. The van der Waals surface area contributed by atoms with Gasteiger partial charge in [0.1, 0.15) is 11.8 Å². The van der Waals surface area contributed by atoms with E-state index < -0.39 is 29.7 Å². The summed E-state index contributed by atoms with van der Waals surface area (Å²) in [5, 5.41) is 12.7. The number of nitrogens with zero attached hydrogens (tertiary/aromatic N) is 4. The number of rotatable bonds is 6. The first kappa shape index (κ1) is 21.1. The lowest BCUT2D eigenvalue weighted by Crippen LogP contribution is -2.28. The fraction of sp³-hybridized carbons (Fsp3) is 0.333. The highest BCUT2D eigenvalue weighted by molar-refractivity contribution is 6.02. The van der Waals surface area contributed by atoms with Gasteiger partial charge in [-0.2, -0.15) is 23.4 Å². The number of amides is 2. The van der Waals surface area contributed by atoms with E-state index in [1.165, 1.54) is 31.0 Å². The Hall–Kier alpha value is -3.57. The molecule has 0 radical (unpaired) electrons. The highest BCUT2D eigenvalue weighted by atomic mass is 19.4. The molecule has 9 nitrogen and oxygen atoms in total. The molecule has 12 heteroatoms. The minimum atomic E-state index is -4.62. The smallest absolute Gasteiger partial charge is 0.435 e. The summed E-state index contributed by atoms with van der Waals surface area (Å²) in [6.45, 7) is 2.95. The number of carbonyl (C=O) groups excluding carboxylic acids is 2. The molecule has 0 fully saturated rings. The summed E-state index contributed by atoms with van der Waals surface area (Å²) in [7, 11) is 1.57. The van der Waals surface area contributed by atoms with E-state index in [0.29, 0.717) is 5.76 Å². The van der Waals surface area contributed by atoms with Crippen LogP contribution in [0.15, 0.2) is 35.1 Å². The highest BCUT2D eigenvalue weighted by Gasteiger charge is 2.35. The van der Waals surface area contributed by atoms with Crippen LogP contribution in [-0.2, 0) is 24.6 Å². The summed E-state index contributed by atoms with van der Waals surface area (Å²) in [5.41, 5.74) is -0.837. The normalized spacial score (nSPS) is 12.6. The number of carbonyl (C=O) groups is 2. The molecule has 2 amide bonds. The zero-order valence-electron chi connectivity index (χ0n) is 16.3. The molecule has 0 spiro atoms. The molecule has 0 aliphatic carbocycles. The minimum Gasteiger partial charge on any atom is -0.467 e. The Morgan fingerprint density at radius 1 is 1.30 bits per heavy atom. The van der Waals surface area contributed by atoms with Crippen LogP contribution in [0.4, 0.5) is 18.9 Å². The fourth-order valence-electron chi connectivity index (χ4n) is 2.78. The largest absolute Gasteiger partial charge is 0.467 e. The summed E-state index contributed by atoms with van der Waals surface area (Å²) in [5.74, 6) is -0.666. The number of alkyl halides is 3. The molecule has 3 aromatic heterocycles. The number of furan rings is 1. The Morgan fingerprint density at radius 3 is 2.63 bits per heavy atom. The van der Waals surface area contributed by atoms with Crippen molar-refractivity contribution in [2.24, 2.45) is 7.05 Å². The second-order valence-corrected chi connectivity index (χ2v) is 6.61. The SMILES string of the molecule is Cc1cc(C(F)(F)F)nn1C(C)C(=O)Nc1cn(C)nc1C(=O)NCc1ccco1. The summed E-state index contributed by atoms with van der Waals surface area (Å²) in [4.78, 5) is 25.1. The topological polar surface area (TPSA) is 107 Å². The van der Waals surface area contributed by atoms with E-state index in [4.69, 9.17) is 4.42 Å². The summed E-state index contributed by atoms with van der Waals surface area (Å²) >= 11 is 0. The number of hydrogen-bond donors (Lipinski definition) is 2. The van der Waals surface area contributed by atoms with Crippen LogP contribution < -0.4 is 10.6 Å². The first-order valence-corrected chi connectivity index (χ1v) is 8.84. The second-order valence-electron chi connectivity index (χ2n) is 6.61. The van der Waals surface area contributed by atoms with Gasteiger partial charge in [-0.05, 0) is 32.0 Å². The van der Waals surface area contributed by atoms with Crippen LogP contribution in [-0.4, -0.2) is 31.4 Å². The van der Waals surface area contributed by atoms with Gasteiger partial charge in [-0.3, -0.25) is 19.0 Å². The zero-order chi connectivity index (χ0) is 22.1. The molecular weight excluding hydrogens is 405 g/mol. The summed E-state index contributed by atoms with van der Waals surface area (Å²) in [6.07, 6.45) is -1.73. The maximum Gasteiger partial charge on any atom is 0.435 e. The Kier molecular flexibility index (Phi) is 5.67. The molecular formula is C18H19F3N6O3. The lowest BCUT2D eigenvalue weighted by molar-refractivity contribution is -0.141. The maximum absolute atomic E-state index is 12.9. The average molecular weight is 424 g/mol. The standard InChI is InChI=1S/C18H19F3N6O3/c1-10-7-14(18(19,20)21)24-27(10)11(2)16(28)23-13-9-26(3)25-15(13)17(29)22-8-12-5-4-6-30-12/h4-7,9,11H,8H2,1-3H3,(H,22,29)(H,23,28). The molecule has 160 valence electrons. The monoisotopic (exact) mass is 424 g/mol. The van der Waals surface area contributed by atoms with E-state index in [0.717, 1.165) is 10.7 Å². The van der Waals surface area contributed by atoms with E-state index in [9.17, 15) is 22.8 Å². The van der Waals surface area contributed by atoms with Gasteiger partial charge in [0.25, 0.3) is 5.91 Å². The molecule has 2 N–H and O–H groups in total. The van der Waals surface area contributed by atoms with Crippen molar-refractivity contribution >= 4 is 17.5 Å². The van der Waals surface area contributed by atoms with Crippen LogP contribution in [0.5, 0.6) is 0 Å². The van der Waals surface area contributed by atoms with Crippen LogP contribution in [0.25, 0.3) is 0 Å². The first-order valence-electron chi connectivity index (χ1n) is 8.84. The first-order chi connectivity index (χ1) is 14.1. The van der Waals surface area contributed by atoms with E-state index in [2.05, 4.69) is 20.8 Å². The fourth-order valence-corrected chi connectivity index (χ4v) is 2.78. The van der Waals surface area contributed by atoms with Crippen LogP contribution in [0, 0.1) is 6.92 Å². The number of halogens is 3. The Labute approximate surface area is 168 Å². The van der Waals surface area contributed by atoms with E-state index >= 15 is 0 Å². The number of anilines is 1. The van der Waals surface area contributed by atoms with Crippen molar-refractivity contribution in [1.82, 2.24) is 24.9 Å². The lowest BCUT2D eigenvalue weighted by Gasteiger charge is -2.14. The van der Waals surface area contributed by atoms with Crippen LogP contribution in [0.3, 0.4) is 0 Å². The van der Waals surface area contributed by atoms with Crippen LogP contribution in [0.1, 0.15) is 40.6 Å². The van der Waals surface area contributed by atoms with Gasteiger partial charge in [0.2, 0.25) is 5.91 Å². The maximum atomic E-state index is 12.9. The molecule has 0 saturated carbocycles. The number of aryl methyl sites for hydroxylation is 2. The van der Waals surface area contributed by atoms with Crippen LogP contribution in [0.2, 0.25) is 0 Å². The van der Waals surface area contributed by atoms with Gasteiger partial charge in [0, 0.05) is 18.9 Å². The third-order valence-electron chi connectivity index (χ3n) is 4.26. The molecule has 0 aliphatic heterocycles. The quantitative estimate of drug-likeness (QED) is 0.633. The highest BCUT2D eigenvalue weighted by Crippen LogP contribution is 2.29. The number of aromatic nitrogens is 4. The Bertz CT molecular complexity index is 1050. The molecule has 0 saturated heterocycles. The molecule has 0 bridgehead atoms. The van der Waals surface area contributed by atoms with Gasteiger partial charge >= 0.3 is 6.18 Å². The molecule has 3 aromatic rings. The predicted octanol–water partition coefficient (Wildman–Crippen LogP) is 2.67. The van der Waals surface area contributed by atoms with E-state index in [1.54, 1.807) is 19.2 Å². The van der Waals surface area contributed by atoms with Crippen LogP contribution >= 0.6 is 0 Å². The average Bonchev–Trinajstić information content (AvgIpc) is 3.39. The van der Waals surface area contributed by atoms with Gasteiger partial charge < -0.3 is 15.1 Å². The zero-order valence-corrected chi connectivity index (χ0v) is 16.3. The summed E-state index contributed by atoms with van der Waals surface area (Å²) in [6, 6.07) is 3.17. The molecule has 3 heterocycles. The van der Waals surface area contributed by atoms with Gasteiger partial charge in [0.05, 0.1) is 18.5 Å². The van der Waals surface area contributed by atoms with Crippen molar-refractivity contribution in [3.63, 3.8) is 0 Å².